The summed E-state index contributed by atoms with van der Waals surface area (Å²) in [7, 11) is 0. The average molecular weight is 259 g/mol. The summed E-state index contributed by atoms with van der Waals surface area (Å²) in [5.41, 5.74) is 3.35. The molecule has 1 heterocycles. The van der Waals surface area contributed by atoms with Crippen LogP contribution in [0.15, 0.2) is 24.3 Å². The van der Waals surface area contributed by atoms with Crippen LogP contribution in [0.3, 0.4) is 0 Å². The molecule has 0 saturated carbocycles. The van der Waals surface area contributed by atoms with Crippen LogP contribution >= 0.6 is 0 Å². The molecule has 0 amide bonds. The molecule has 0 atom stereocenters. The maximum Gasteiger partial charge on any atom is -0.00156 e. The van der Waals surface area contributed by atoms with Crippen molar-refractivity contribution in [2.75, 3.05) is 19.6 Å². The fraction of sp³-hybridized carbons (Fsp3) is 0.667. The highest BCUT2D eigenvalue weighted by molar-refractivity contribution is 5.23. The van der Waals surface area contributed by atoms with Gasteiger partial charge in [0, 0.05) is 0 Å². The first-order valence-corrected chi connectivity index (χ1v) is 7.83. The van der Waals surface area contributed by atoms with E-state index in [2.05, 4.69) is 49.9 Å². The number of rotatable bonds is 5. The van der Waals surface area contributed by atoms with Gasteiger partial charge < -0.3 is 4.90 Å². The molecule has 2 rings (SSSR count). The quantitative estimate of drug-likeness (QED) is 0.762. The Balaban J connectivity index is 1.75. The van der Waals surface area contributed by atoms with Gasteiger partial charge in [-0.3, -0.25) is 0 Å². The maximum absolute atomic E-state index is 2.61. The lowest BCUT2D eigenvalue weighted by atomic mass is 9.88. The fourth-order valence-electron chi connectivity index (χ4n) is 2.95. The molecule has 0 N–H and O–H groups in total. The van der Waals surface area contributed by atoms with Crippen molar-refractivity contribution in [3.63, 3.8) is 0 Å². The summed E-state index contributed by atoms with van der Waals surface area (Å²) in [6.07, 6.45) is 6.51. The zero-order chi connectivity index (χ0) is 13.7. The molecule has 106 valence electrons. The second kappa shape index (κ2) is 6.56. The first-order chi connectivity index (χ1) is 9.03. The van der Waals surface area contributed by atoms with Crippen LogP contribution in [-0.4, -0.2) is 24.5 Å². The smallest absolute Gasteiger partial charge is 0.00156 e. The van der Waals surface area contributed by atoms with Gasteiger partial charge in [0.15, 0.2) is 0 Å². The van der Waals surface area contributed by atoms with Crippen molar-refractivity contribution in [1.82, 2.24) is 4.90 Å². The zero-order valence-corrected chi connectivity index (χ0v) is 12.9. The van der Waals surface area contributed by atoms with Gasteiger partial charge in [-0.25, -0.2) is 0 Å². The Bertz CT molecular complexity index is 366. The van der Waals surface area contributed by atoms with Crippen LogP contribution in [0.5, 0.6) is 0 Å². The second-order valence-electron chi connectivity index (χ2n) is 7.21. The molecular formula is C18H29N. The highest BCUT2D eigenvalue weighted by atomic mass is 15.1. The summed E-state index contributed by atoms with van der Waals surface area (Å²) < 4.78 is 0. The van der Waals surface area contributed by atoms with Gasteiger partial charge in [-0.05, 0) is 68.3 Å². The van der Waals surface area contributed by atoms with E-state index in [0.717, 1.165) is 0 Å². The summed E-state index contributed by atoms with van der Waals surface area (Å²) in [5, 5.41) is 0. The number of aryl methyl sites for hydroxylation is 1. The first kappa shape index (κ1) is 14.6. The van der Waals surface area contributed by atoms with Gasteiger partial charge in [-0.2, -0.15) is 0 Å². The lowest BCUT2D eigenvalue weighted by molar-refractivity contribution is 0.334. The van der Waals surface area contributed by atoms with Crippen molar-refractivity contribution in [3.05, 3.63) is 35.4 Å². The van der Waals surface area contributed by atoms with Crippen molar-refractivity contribution < 1.29 is 0 Å². The molecule has 0 unspecified atom stereocenters. The highest BCUT2D eigenvalue weighted by Crippen LogP contribution is 2.21. The van der Waals surface area contributed by atoms with E-state index in [1.165, 1.54) is 62.9 Å². The Kier molecular flexibility index (Phi) is 5.04. The molecule has 1 aromatic rings. The highest BCUT2D eigenvalue weighted by Gasteiger charge is 2.12. The minimum atomic E-state index is 0.386. The van der Waals surface area contributed by atoms with Crippen LogP contribution in [-0.2, 0) is 12.8 Å². The van der Waals surface area contributed by atoms with Crippen LogP contribution in [0, 0.1) is 5.41 Å². The number of hydrogen-bond acceptors (Lipinski definition) is 1. The predicted molar refractivity (Wildman–Crippen MR) is 83.6 cm³/mol. The van der Waals surface area contributed by atoms with Crippen molar-refractivity contribution in [2.45, 2.75) is 52.9 Å². The van der Waals surface area contributed by atoms with E-state index in [9.17, 15) is 0 Å². The topological polar surface area (TPSA) is 3.24 Å². The third-order valence-electron chi connectivity index (χ3n) is 3.90. The van der Waals surface area contributed by atoms with Crippen LogP contribution in [0.25, 0.3) is 0 Å². The molecule has 1 fully saturated rings. The Hall–Kier alpha value is -0.820. The van der Waals surface area contributed by atoms with Crippen LogP contribution in [0.1, 0.15) is 51.2 Å². The van der Waals surface area contributed by atoms with Crippen molar-refractivity contribution in [3.8, 4) is 0 Å². The average Bonchev–Trinajstić information content (AvgIpc) is 2.82. The van der Waals surface area contributed by atoms with Gasteiger partial charge in [0.25, 0.3) is 0 Å². The number of benzene rings is 1. The van der Waals surface area contributed by atoms with E-state index in [0.29, 0.717) is 5.41 Å². The predicted octanol–water partition coefficient (Wildman–Crippen LogP) is 4.30. The molecule has 0 spiro atoms. The Morgan fingerprint density at radius 3 is 2.11 bits per heavy atom. The molecule has 1 saturated heterocycles. The summed E-state index contributed by atoms with van der Waals surface area (Å²) in [5.74, 6) is 0. The molecule has 1 nitrogen and oxygen atoms in total. The summed E-state index contributed by atoms with van der Waals surface area (Å²) >= 11 is 0. The summed E-state index contributed by atoms with van der Waals surface area (Å²) in [6.45, 7) is 10.8. The second-order valence-corrected chi connectivity index (χ2v) is 7.21. The zero-order valence-electron chi connectivity index (χ0n) is 12.9. The Morgan fingerprint density at radius 2 is 1.53 bits per heavy atom. The molecule has 1 heteroatoms. The van der Waals surface area contributed by atoms with E-state index >= 15 is 0 Å². The fourth-order valence-corrected chi connectivity index (χ4v) is 2.95. The molecule has 1 aromatic carbocycles. The number of hydrogen-bond donors (Lipinski definition) is 0. The van der Waals surface area contributed by atoms with E-state index in [1.54, 1.807) is 0 Å². The molecule has 19 heavy (non-hydrogen) atoms. The first-order valence-electron chi connectivity index (χ1n) is 7.83. The molecular weight excluding hydrogens is 230 g/mol. The van der Waals surface area contributed by atoms with Gasteiger partial charge in [-0.1, -0.05) is 45.0 Å². The maximum atomic E-state index is 2.61. The summed E-state index contributed by atoms with van der Waals surface area (Å²) in [4.78, 5) is 2.61. The van der Waals surface area contributed by atoms with Crippen molar-refractivity contribution in [2.24, 2.45) is 5.41 Å². The SMILES string of the molecule is CC(C)(C)Cc1ccc(CCCN2CCCC2)cc1. The van der Waals surface area contributed by atoms with E-state index < -0.39 is 0 Å². The van der Waals surface area contributed by atoms with Gasteiger partial charge in [0.2, 0.25) is 0 Å². The van der Waals surface area contributed by atoms with Crippen LogP contribution in [0.4, 0.5) is 0 Å². The molecule has 1 aliphatic heterocycles. The van der Waals surface area contributed by atoms with Crippen molar-refractivity contribution >= 4 is 0 Å². The van der Waals surface area contributed by atoms with E-state index in [4.69, 9.17) is 0 Å². The van der Waals surface area contributed by atoms with Gasteiger partial charge in [0.05, 0.1) is 0 Å². The minimum absolute atomic E-state index is 0.386. The number of likely N-dealkylation sites (tertiary alicyclic amines) is 1. The molecule has 0 bridgehead atoms. The van der Waals surface area contributed by atoms with Gasteiger partial charge in [0.1, 0.15) is 0 Å². The standard InChI is InChI=1S/C18H29N/c1-18(2,3)15-17-10-8-16(9-11-17)7-6-14-19-12-4-5-13-19/h8-11H,4-7,12-15H2,1-3H3. The number of nitrogens with zero attached hydrogens (tertiary/aromatic N) is 1. The normalized spacial score (nSPS) is 17.0. The van der Waals surface area contributed by atoms with Crippen LogP contribution in [0.2, 0.25) is 0 Å². The lowest BCUT2D eigenvalue weighted by Crippen LogP contribution is -2.20. The third-order valence-corrected chi connectivity index (χ3v) is 3.90. The third kappa shape index (κ3) is 5.36. The van der Waals surface area contributed by atoms with Gasteiger partial charge in [-0.15, -0.1) is 0 Å². The molecule has 0 radical (unpaired) electrons. The monoisotopic (exact) mass is 259 g/mol. The van der Waals surface area contributed by atoms with E-state index in [1.807, 2.05) is 0 Å². The Morgan fingerprint density at radius 1 is 0.947 bits per heavy atom. The molecule has 0 aliphatic carbocycles. The minimum Gasteiger partial charge on any atom is -0.303 e. The Labute approximate surface area is 119 Å². The largest absolute Gasteiger partial charge is 0.303 e. The van der Waals surface area contributed by atoms with Gasteiger partial charge >= 0.3 is 0 Å². The lowest BCUT2D eigenvalue weighted by Gasteiger charge is -2.18. The molecule has 1 aliphatic rings. The van der Waals surface area contributed by atoms with E-state index in [-0.39, 0.29) is 0 Å². The summed E-state index contributed by atoms with van der Waals surface area (Å²) in [6, 6.07) is 9.28. The van der Waals surface area contributed by atoms with Crippen molar-refractivity contribution in [1.29, 1.82) is 0 Å². The molecule has 0 aromatic heterocycles. The van der Waals surface area contributed by atoms with Crippen LogP contribution < -0.4 is 0 Å².